The lowest BCUT2D eigenvalue weighted by Gasteiger charge is -2.28. The molecule has 1 aromatic carbocycles. The Labute approximate surface area is 171 Å². The first kappa shape index (κ1) is 21.0. The minimum Gasteiger partial charge on any atom is -0.325 e. The third-order valence-corrected chi connectivity index (χ3v) is 6.04. The van der Waals surface area contributed by atoms with Crippen LogP contribution in [0.4, 0.5) is 11.4 Å². The lowest BCUT2D eigenvalue weighted by molar-refractivity contribution is -0.384. The number of nitro groups is 1. The topological polar surface area (TPSA) is 78.7 Å². The largest absolute Gasteiger partial charge is 0.325 e. The van der Waals surface area contributed by atoms with Crippen molar-refractivity contribution < 1.29 is 9.72 Å². The van der Waals surface area contributed by atoms with E-state index in [9.17, 15) is 14.9 Å². The normalized spacial score (nSPS) is 19.9. The van der Waals surface area contributed by atoms with Gasteiger partial charge in [0.05, 0.1) is 11.5 Å². The second-order valence-electron chi connectivity index (χ2n) is 7.91. The van der Waals surface area contributed by atoms with E-state index in [0.717, 1.165) is 38.5 Å². The molecule has 1 N–H and O–H groups in total. The van der Waals surface area contributed by atoms with Crippen LogP contribution < -0.4 is 5.32 Å². The molecule has 7 nitrogen and oxygen atoms in total. The predicted octanol–water partition coefficient (Wildman–Crippen LogP) is 3.77. The van der Waals surface area contributed by atoms with E-state index < -0.39 is 4.92 Å². The summed E-state index contributed by atoms with van der Waals surface area (Å²) in [5.41, 5.74) is 0.197. The quantitative estimate of drug-likeness (QED) is 0.572. The maximum atomic E-state index is 12.4. The van der Waals surface area contributed by atoms with Crippen LogP contribution in [0.1, 0.15) is 38.5 Å². The Morgan fingerprint density at radius 2 is 1.82 bits per heavy atom. The third kappa shape index (κ3) is 6.15. The molecule has 2 aliphatic rings. The molecule has 2 fully saturated rings. The Balaban J connectivity index is 1.46. The van der Waals surface area contributed by atoms with Gasteiger partial charge in [0.15, 0.2) is 0 Å². The molecule has 1 aliphatic carbocycles. The molecule has 1 aliphatic heterocycles. The van der Waals surface area contributed by atoms with Crippen LogP contribution in [0, 0.1) is 16.0 Å². The van der Waals surface area contributed by atoms with Crippen molar-refractivity contribution >= 4 is 28.9 Å². The lowest BCUT2D eigenvalue weighted by Crippen LogP contribution is -2.37. The molecule has 3 rings (SSSR count). The van der Waals surface area contributed by atoms with Gasteiger partial charge >= 0.3 is 0 Å². The monoisotopic (exact) mass is 408 g/mol. The van der Waals surface area contributed by atoms with Gasteiger partial charge in [-0.2, -0.15) is 0 Å². The van der Waals surface area contributed by atoms with Crippen molar-refractivity contribution in [2.75, 3.05) is 44.6 Å². The summed E-state index contributed by atoms with van der Waals surface area (Å²) in [5, 5.41) is 13.8. The second-order valence-corrected chi connectivity index (χ2v) is 8.31. The summed E-state index contributed by atoms with van der Waals surface area (Å²) in [6, 6.07) is 4.32. The van der Waals surface area contributed by atoms with Crippen LogP contribution in [0.25, 0.3) is 0 Å². The maximum absolute atomic E-state index is 12.4. The lowest BCUT2D eigenvalue weighted by atomic mass is 9.89. The number of halogens is 1. The fourth-order valence-electron chi connectivity index (χ4n) is 4.23. The Morgan fingerprint density at radius 3 is 2.57 bits per heavy atom. The van der Waals surface area contributed by atoms with E-state index in [0.29, 0.717) is 12.2 Å². The summed E-state index contributed by atoms with van der Waals surface area (Å²) in [7, 11) is 0. The van der Waals surface area contributed by atoms with Crippen LogP contribution in [-0.2, 0) is 4.79 Å². The Kier molecular flexibility index (Phi) is 7.65. The molecule has 1 saturated carbocycles. The molecule has 0 unspecified atom stereocenters. The van der Waals surface area contributed by atoms with E-state index in [-0.39, 0.29) is 16.6 Å². The molecule has 0 bridgehead atoms. The van der Waals surface area contributed by atoms with Crippen LogP contribution in [-0.4, -0.2) is 59.9 Å². The highest BCUT2D eigenvalue weighted by Crippen LogP contribution is 2.27. The number of anilines is 1. The Morgan fingerprint density at radius 1 is 1.11 bits per heavy atom. The number of hydrogen-bond acceptors (Lipinski definition) is 5. The van der Waals surface area contributed by atoms with Crippen LogP contribution in [0.15, 0.2) is 18.2 Å². The number of nitrogens with one attached hydrogen (secondary N) is 1. The van der Waals surface area contributed by atoms with E-state index >= 15 is 0 Å². The van der Waals surface area contributed by atoms with Gasteiger partial charge in [-0.3, -0.25) is 19.8 Å². The summed E-state index contributed by atoms with van der Waals surface area (Å²) in [4.78, 5) is 27.5. The molecule has 0 aromatic heterocycles. The first-order chi connectivity index (χ1) is 13.5. The van der Waals surface area contributed by atoms with Crippen molar-refractivity contribution in [1.82, 2.24) is 9.80 Å². The maximum Gasteiger partial charge on any atom is 0.289 e. The van der Waals surface area contributed by atoms with E-state index in [2.05, 4.69) is 15.1 Å². The standard InChI is InChI=1S/C20H29ClN4O3/c21-18-8-7-17(13-19(18)25(27)28)22-20(26)15-24-10-4-9-23(11-12-24)14-16-5-2-1-3-6-16/h7-8,13,16H,1-6,9-12,14-15H2,(H,22,26). The number of hydrogen-bond donors (Lipinski definition) is 1. The summed E-state index contributed by atoms with van der Waals surface area (Å²) in [6.45, 7) is 5.35. The van der Waals surface area contributed by atoms with Crippen molar-refractivity contribution in [1.29, 1.82) is 0 Å². The number of carbonyl (C=O) groups excluding carboxylic acids is 1. The molecule has 8 heteroatoms. The number of nitro benzene ring substituents is 1. The molecule has 28 heavy (non-hydrogen) atoms. The molecule has 1 amide bonds. The summed E-state index contributed by atoms with van der Waals surface area (Å²) >= 11 is 5.82. The van der Waals surface area contributed by atoms with Gasteiger partial charge in [0.2, 0.25) is 5.91 Å². The highest BCUT2D eigenvalue weighted by Gasteiger charge is 2.21. The molecular weight excluding hydrogens is 380 g/mol. The average Bonchev–Trinajstić information content (AvgIpc) is 2.89. The highest BCUT2D eigenvalue weighted by molar-refractivity contribution is 6.32. The van der Waals surface area contributed by atoms with Gasteiger partial charge in [-0.25, -0.2) is 0 Å². The minimum absolute atomic E-state index is 0.0635. The van der Waals surface area contributed by atoms with Gasteiger partial charge < -0.3 is 10.2 Å². The van der Waals surface area contributed by atoms with Crippen LogP contribution in [0.2, 0.25) is 5.02 Å². The fraction of sp³-hybridized carbons (Fsp3) is 0.650. The zero-order chi connectivity index (χ0) is 19.9. The van der Waals surface area contributed by atoms with E-state index in [1.54, 1.807) is 6.07 Å². The van der Waals surface area contributed by atoms with Gasteiger partial charge in [0.1, 0.15) is 5.02 Å². The number of carbonyl (C=O) groups is 1. The zero-order valence-electron chi connectivity index (χ0n) is 16.2. The Hall–Kier alpha value is -1.70. The summed E-state index contributed by atoms with van der Waals surface area (Å²) in [5.74, 6) is 0.682. The Bertz CT molecular complexity index is 694. The van der Waals surface area contributed by atoms with Crippen molar-refractivity contribution in [2.24, 2.45) is 5.92 Å². The number of benzene rings is 1. The van der Waals surface area contributed by atoms with Crippen molar-refractivity contribution in [3.63, 3.8) is 0 Å². The molecule has 154 valence electrons. The second kappa shape index (κ2) is 10.2. The van der Waals surface area contributed by atoms with Gasteiger partial charge in [-0.05, 0) is 50.4 Å². The molecule has 0 atom stereocenters. The van der Waals surface area contributed by atoms with Crippen molar-refractivity contribution in [3.05, 3.63) is 33.3 Å². The van der Waals surface area contributed by atoms with E-state index in [4.69, 9.17) is 11.6 Å². The first-order valence-corrected chi connectivity index (χ1v) is 10.6. The molecule has 1 heterocycles. The SMILES string of the molecule is O=C(CN1CCCN(CC2CCCCC2)CC1)Nc1ccc(Cl)c([N+](=O)[O-])c1. The third-order valence-electron chi connectivity index (χ3n) is 5.72. The van der Waals surface area contributed by atoms with Gasteiger partial charge in [-0.1, -0.05) is 30.9 Å². The minimum atomic E-state index is -0.548. The van der Waals surface area contributed by atoms with E-state index in [1.807, 2.05) is 0 Å². The smallest absolute Gasteiger partial charge is 0.289 e. The fourth-order valence-corrected chi connectivity index (χ4v) is 4.42. The molecule has 0 radical (unpaired) electrons. The molecular formula is C20H29ClN4O3. The van der Waals surface area contributed by atoms with Gasteiger partial charge in [0, 0.05) is 31.4 Å². The van der Waals surface area contributed by atoms with E-state index in [1.165, 1.54) is 50.8 Å². The first-order valence-electron chi connectivity index (χ1n) is 10.2. The number of amides is 1. The zero-order valence-corrected chi connectivity index (χ0v) is 17.0. The summed E-state index contributed by atoms with van der Waals surface area (Å²) in [6.07, 6.45) is 7.90. The highest BCUT2D eigenvalue weighted by atomic mass is 35.5. The van der Waals surface area contributed by atoms with Crippen LogP contribution in [0.5, 0.6) is 0 Å². The van der Waals surface area contributed by atoms with Gasteiger partial charge in [0.25, 0.3) is 5.69 Å². The number of nitrogens with zero attached hydrogens (tertiary/aromatic N) is 3. The molecule has 1 aromatic rings. The molecule has 1 saturated heterocycles. The van der Waals surface area contributed by atoms with Crippen LogP contribution in [0.3, 0.4) is 0 Å². The number of rotatable bonds is 6. The predicted molar refractivity (Wildman–Crippen MR) is 111 cm³/mol. The average molecular weight is 409 g/mol. The molecule has 0 spiro atoms. The van der Waals surface area contributed by atoms with Crippen molar-refractivity contribution in [3.8, 4) is 0 Å². The van der Waals surface area contributed by atoms with Crippen molar-refractivity contribution in [2.45, 2.75) is 38.5 Å². The summed E-state index contributed by atoms with van der Waals surface area (Å²) < 4.78 is 0. The van der Waals surface area contributed by atoms with Gasteiger partial charge in [-0.15, -0.1) is 0 Å². The van der Waals surface area contributed by atoms with Crippen LogP contribution >= 0.6 is 11.6 Å².